The SMILES string of the molecule is C=CC(C)OC(=O)CNC(=N)N.[2H]C([2H])[2H]. The van der Waals surface area contributed by atoms with Gasteiger partial charge in [0.25, 0.3) is 0 Å². The summed E-state index contributed by atoms with van der Waals surface area (Å²) in [4.78, 5) is 10.8. The summed E-state index contributed by atoms with van der Waals surface area (Å²) in [7, 11) is -1.42. The van der Waals surface area contributed by atoms with E-state index in [2.05, 4.69) is 11.9 Å². The number of guanidine groups is 1. The van der Waals surface area contributed by atoms with E-state index in [0.29, 0.717) is 0 Å². The van der Waals surface area contributed by atoms with Crippen molar-refractivity contribution >= 4 is 11.9 Å². The highest BCUT2D eigenvalue weighted by Gasteiger charge is 2.05. The lowest BCUT2D eigenvalue weighted by Crippen LogP contribution is -2.36. The van der Waals surface area contributed by atoms with Gasteiger partial charge >= 0.3 is 5.97 Å². The molecule has 0 heterocycles. The molecule has 5 heteroatoms. The standard InChI is InChI=1S/C7H13N3O2.CH4/c1-3-5(2)12-6(11)4-10-7(8)9;/h3,5H,1,4H2,2H3,(H4,8,9,10);1H4/i;1D3. The van der Waals surface area contributed by atoms with Crippen LogP contribution in [-0.2, 0) is 9.53 Å². The minimum Gasteiger partial charge on any atom is -0.457 e. The molecule has 13 heavy (non-hydrogen) atoms. The van der Waals surface area contributed by atoms with E-state index in [1.54, 1.807) is 6.92 Å². The molecule has 0 fully saturated rings. The molecule has 0 spiro atoms. The fourth-order valence-electron chi connectivity index (χ4n) is 0.465. The molecule has 1 atom stereocenters. The summed E-state index contributed by atoms with van der Waals surface area (Å²) in [6, 6.07) is 0. The normalized spacial score (nSPS) is 13.5. The van der Waals surface area contributed by atoms with E-state index >= 15 is 0 Å². The second-order valence-corrected chi connectivity index (χ2v) is 2.20. The van der Waals surface area contributed by atoms with Crippen LogP contribution in [0.2, 0.25) is 0 Å². The van der Waals surface area contributed by atoms with Crippen LogP contribution in [0.4, 0.5) is 0 Å². The van der Waals surface area contributed by atoms with Crippen molar-refractivity contribution in [2.45, 2.75) is 20.4 Å². The summed E-state index contributed by atoms with van der Waals surface area (Å²) < 4.78 is 22.5. The summed E-state index contributed by atoms with van der Waals surface area (Å²) >= 11 is 0. The van der Waals surface area contributed by atoms with Gasteiger partial charge in [0.1, 0.15) is 12.6 Å². The van der Waals surface area contributed by atoms with Gasteiger partial charge in [-0.1, -0.05) is 20.0 Å². The van der Waals surface area contributed by atoms with Crippen LogP contribution in [0, 0.1) is 5.41 Å². The molecule has 4 N–H and O–H groups in total. The lowest BCUT2D eigenvalue weighted by atomic mass is 10.4. The third-order valence-corrected chi connectivity index (χ3v) is 1.07. The van der Waals surface area contributed by atoms with Gasteiger partial charge in [-0.25, -0.2) is 0 Å². The van der Waals surface area contributed by atoms with Gasteiger partial charge in [0, 0.05) is 4.11 Å². The van der Waals surface area contributed by atoms with Crippen molar-refractivity contribution in [3.63, 3.8) is 0 Å². The van der Waals surface area contributed by atoms with E-state index < -0.39 is 13.3 Å². The van der Waals surface area contributed by atoms with Crippen molar-refractivity contribution < 1.29 is 13.6 Å². The van der Waals surface area contributed by atoms with E-state index in [4.69, 9.17) is 20.0 Å². The van der Waals surface area contributed by atoms with E-state index in [0.717, 1.165) is 0 Å². The molecule has 5 nitrogen and oxygen atoms in total. The highest BCUT2D eigenvalue weighted by Crippen LogP contribution is 1.90. The van der Waals surface area contributed by atoms with Crippen LogP contribution in [0.15, 0.2) is 12.7 Å². The first-order valence-electron chi connectivity index (χ1n) is 5.19. The second kappa shape index (κ2) is 7.15. The third-order valence-electron chi connectivity index (χ3n) is 1.07. The molecule has 0 aromatic carbocycles. The third kappa shape index (κ3) is 8.39. The smallest absolute Gasteiger partial charge is 0.325 e. The van der Waals surface area contributed by atoms with Crippen molar-refractivity contribution in [1.29, 1.82) is 5.41 Å². The molecule has 0 aliphatic carbocycles. The highest BCUT2D eigenvalue weighted by atomic mass is 16.5. The molecule has 1 unspecified atom stereocenters. The maximum absolute atomic E-state index is 10.8. The predicted octanol–water partition coefficient (Wildman–Crippen LogP) is 0.223. The van der Waals surface area contributed by atoms with Gasteiger partial charge in [0.05, 0.1) is 0 Å². The van der Waals surface area contributed by atoms with Gasteiger partial charge in [0.2, 0.25) is 0 Å². The number of hydrogen-bond acceptors (Lipinski definition) is 3. The Balaban J connectivity index is 0. The van der Waals surface area contributed by atoms with Crippen LogP contribution in [0.5, 0.6) is 0 Å². The molecular formula is C8H17N3O2. The van der Waals surface area contributed by atoms with Crippen LogP contribution in [-0.4, -0.2) is 24.6 Å². The first-order valence-corrected chi connectivity index (χ1v) is 3.46. The Morgan fingerprint density at radius 1 is 2.08 bits per heavy atom. The minimum absolute atomic E-state index is 0.0898. The Labute approximate surface area is 82.7 Å². The Hall–Kier alpha value is -1.52. The molecule has 0 saturated carbocycles. The molecule has 76 valence electrons. The summed E-state index contributed by atoms with van der Waals surface area (Å²) in [5.41, 5.74) is 4.95. The van der Waals surface area contributed by atoms with Crippen LogP contribution in [0.3, 0.4) is 0 Å². The van der Waals surface area contributed by atoms with Gasteiger partial charge < -0.3 is 15.8 Å². The Morgan fingerprint density at radius 2 is 2.62 bits per heavy atom. The number of esters is 1. The van der Waals surface area contributed by atoms with Gasteiger partial charge in [-0.2, -0.15) is 0 Å². The molecule has 0 amide bonds. The summed E-state index contributed by atoms with van der Waals surface area (Å²) in [6.45, 7) is 5.05. The van der Waals surface area contributed by atoms with E-state index in [1.165, 1.54) is 6.08 Å². The van der Waals surface area contributed by atoms with E-state index in [1.807, 2.05) is 0 Å². The van der Waals surface area contributed by atoms with Crippen molar-refractivity contribution in [3.05, 3.63) is 12.7 Å². The minimum atomic E-state index is -1.42. The van der Waals surface area contributed by atoms with Crippen molar-refractivity contribution in [3.8, 4) is 0 Å². The number of rotatable bonds is 4. The van der Waals surface area contributed by atoms with Crippen LogP contribution in [0.1, 0.15) is 18.4 Å². The van der Waals surface area contributed by atoms with Crippen molar-refractivity contribution in [2.75, 3.05) is 6.54 Å². The molecule has 0 saturated heterocycles. The molecular weight excluding hydrogens is 170 g/mol. The molecule has 0 radical (unpaired) electrons. The van der Waals surface area contributed by atoms with Crippen LogP contribution < -0.4 is 11.1 Å². The first kappa shape index (κ1) is 8.10. The Kier molecular flexibility index (Phi) is 4.45. The zero-order valence-corrected chi connectivity index (χ0v) is 7.54. The topological polar surface area (TPSA) is 88.2 Å². The zero-order valence-electron chi connectivity index (χ0n) is 10.5. The number of nitrogens with two attached hydrogens (primary N) is 1. The zero-order chi connectivity index (χ0) is 13.1. The Morgan fingerprint density at radius 3 is 3.00 bits per heavy atom. The molecule has 0 aromatic rings. The Bertz CT molecular complexity index is 234. The maximum atomic E-state index is 10.8. The number of carbonyl (C=O) groups excluding carboxylic acids is 1. The first-order chi connectivity index (χ1) is 7.29. The van der Waals surface area contributed by atoms with Gasteiger partial charge in [0.15, 0.2) is 5.96 Å². The molecule has 0 aliphatic heterocycles. The fourth-order valence-corrected chi connectivity index (χ4v) is 0.465. The lowest BCUT2D eigenvalue weighted by molar-refractivity contribution is -0.144. The van der Waals surface area contributed by atoms with Gasteiger partial charge in [-0.15, -0.1) is 0 Å². The number of carbonyl (C=O) groups is 1. The lowest BCUT2D eigenvalue weighted by Gasteiger charge is -2.08. The second-order valence-electron chi connectivity index (χ2n) is 2.20. The van der Waals surface area contributed by atoms with Gasteiger partial charge in [-0.3, -0.25) is 10.2 Å². The van der Waals surface area contributed by atoms with Crippen LogP contribution >= 0.6 is 0 Å². The fraction of sp³-hybridized carbons (Fsp3) is 0.500. The van der Waals surface area contributed by atoms with E-state index in [9.17, 15) is 4.79 Å². The van der Waals surface area contributed by atoms with Crippen molar-refractivity contribution in [2.24, 2.45) is 5.73 Å². The monoisotopic (exact) mass is 190 g/mol. The molecule has 0 aromatic heterocycles. The maximum Gasteiger partial charge on any atom is 0.325 e. The quantitative estimate of drug-likeness (QED) is 0.256. The summed E-state index contributed by atoms with van der Waals surface area (Å²) in [6.07, 6.45) is 1.19. The van der Waals surface area contributed by atoms with Crippen LogP contribution in [0.25, 0.3) is 0 Å². The predicted molar refractivity (Wildman–Crippen MR) is 52.4 cm³/mol. The number of hydrogen-bond donors (Lipinski definition) is 3. The number of ether oxygens (including phenoxy) is 1. The average molecular weight is 190 g/mol. The average Bonchev–Trinajstić information content (AvgIpc) is 2.13. The highest BCUT2D eigenvalue weighted by molar-refractivity contribution is 5.81. The van der Waals surface area contributed by atoms with Crippen molar-refractivity contribution in [1.82, 2.24) is 5.32 Å². The van der Waals surface area contributed by atoms with Gasteiger partial charge in [-0.05, 0) is 6.92 Å². The molecule has 0 aliphatic rings. The van der Waals surface area contributed by atoms with E-state index in [-0.39, 0.29) is 18.6 Å². The summed E-state index contributed by atoms with van der Waals surface area (Å²) in [5, 5.41) is 9.08. The number of nitrogens with one attached hydrogen (secondary N) is 2. The summed E-state index contributed by atoms with van der Waals surface area (Å²) in [5.74, 6) is -0.712. The molecule has 0 bridgehead atoms. The largest absolute Gasteiger partial charge is 0.457 e. The molecule has 0 rings (SSSR count).